The summed E-state index contributed by atoms with van der Waals surface area (Å²) in [7, 11) is 0.122. The molecule has 0 bridgehead atoms. The molecule has 5 nitrogen and oxygen atoms in total. The van der Waals surface area contributed by atoms with E-state index < -0.39 is 18.1 Å². The molecular weight excluding hydrogens is 362 g/mol. The monoisotopic (exact) mass is 386 g/mol. The van der Waals surface area contributed by atoms with Crippen LogP contribution in [0.15, 0.2) is 48.5 Å². The number of carboxylic acids is 1. The minimum absolute atomic E-state index is 0.0384. The molecule has 0 spiro atoms. The number of amides is 1. The molecule has 0 fully saturated rings. The standard InChI is InChI=1S/C21H23NO4S/c1-27(2)12-11-19(20(23)24)22-21(25)26-13-18-16-9-5-3-7-14(16)15-8-4-6-10-17(15)18/h3-10,18-19H,11-13H2,1-2H3,(H-,22,23,24,25)/p+1/t19-/m1/s1. The molecule has 0 aromatic heterocycles. The van der Waals surface area contributed by atoms with Crippen LogP contribution in [0.4, 0.5) is 4.79 Å². The Balaban J connectivity index is 1.66. The Hall–Kier alpha value is -2.47. The van der Waals surface area contributed by atoms with E-state index in [0.29, 0.717) is 6.42 Å². The maximum Gasteiger partial charge on any atom is 0.407 e. The van der Waals surface area contributed by atoms with Crippen LogP contribution >= 0.6 is 0 Å². The molecular formula is C21H24NO4S+. The number of hydrogen-bond donors (Lipinski definition) is 2. The number of benzene rings is 2. The second-order valence-corrected chi connectivity index (χ2v) is 9.22. The van der Waals surface area contributed by atoms with E-state index in [1.165, 1.54) is 0 Å². The summed E-state index contributed by atoms with van der Waals surface area (Å²) in [5.74, 6) is -0.321. The average Bonchev–Trinajstić information content (AvgIpc) is 2.97. The first-order chi connectivity index (χ1) is 13.0. The van der Waals surface area contributed by atoms with Gasteiger partial charge in [-0.1, -0.05) is 48.5 Å². The third-order valence-corrected chi connectivity index (χ3v) is 5.80. The summed E-state index contributed by atoms with van der Waals surface area (Å²) in [5, 5.41) is 11.8. The van der Waals surface area contributed by atoms with E-state index in [-0.39, 0.29) is 23.4 Å². The Morgan fingerprint density at radius 3 is 2.15 bits per heavy atom. The second kappa shape index (κ2) is 8.48. The normalized spacial score (nSPS) is 13.7. The number of aliphatic carboxylic acids is 1. The van der Waals surface area contributed by atoms with E-state index in [1.807, 2.05) is 48.9 Å². The second-order valence-electron chi connectivity index (χ2n) is 6.84. The van der Waals surface area contributed by atoms with Gasteiger partial charge >= 0.3 is 12.1 Å². The summed E-state index contributed by atoms with van der Waals surface area (Å²) in [6.45, 7) is 0.179. The fourth-order valence-electron chi connectivity index (χ4n) is 3.39. The molecule has 0 unspecified atom stereocenters. The lowest BCUT2D eigenvalue weighted by atomic mass is 9.98. The first kappa shape index (κ1) is 19.3. The fraction of sp³-hybridized carbons (Fsp3) is 0.333. The zero-order valence-corrected chi connectivity index (χ0v) is 16.3. The molecule has 1 aliphatic rings. The Bertz CT molecular complexity index is 791. The zero-order valence-electron chi connectivity index (χ0n) is 15.5. The van der Waals surface area contributed by atoms with Gasteiger partial charge < -0.3 is 15.2 Å². The van der Waals surface area contributed by atoms with Crippen molar-refractivity contribution < 1.29 is 19.4 Å². The van der Waals surface area contributed by atoms with Crippen LogP contribution < -0.4 is 5.32 Å². The van der Waals surface area contributed by atoms with Gasteiger partial charge in [0, 0.05) is 12.3 Å². The molecule has 6 heteroatoms. The molecule has 0 radical (unpaired) electrons. The fourth-order valence-corrected chi connectivity index (χ4v) is 4.10. The minimum Gasteiger partial charge on any atom is -0.480 e. The van der Waals surface area contributed by atoms with Gasteiger partial charge in [-0.25, -0.2) is 9.59 Å². The van der Waals surface area contributed by atoms with Crippen molar-refractivity contribution >= 4 is 23.0 Å². The lowest BCUT2D eigenvalue weighted by Crippen LogP contribution is -2.42. The van der Waals surface area contributed by atoms with Gasteiger partial charge in [-0.05, 0) is 33.1 Å². The van der Waals surface area contributed by atoms with Crippen LogP contribution in [0, 0.1) is 0 Å². The smallest absolute Gasteiger partial charge is 0.407 e. The number of ether oxygens (including phenoxy) is 1. The minimum atomic E-state index is -1.03. The molecule has 0 aliphatic heterocycles. The van der Waals surface area contributed by atoms with Gasteiger partial charge in [0.05, 0.1) is 12.5 Å². The van der Waals surface area contributed by atoms with Gasteiger partial charge in [0.1, 0.15) is 18.4 Å². The highest BCUT2D eigenvalue weighted by molar-refractivity contribution is 7.95. The van der Waals surface area contributed by atoms with Crippen molar-refractivity contribution in [2.75, 3.05) is 24.9 Å². The van der Waals surface area contributed by atoms with Gasteiger partial charge in [-0.15, -0.1) is 0 Å². The predicted octanol–water partition coefficient (Wildman–Crippen LogP) is 3.25. The van der Waals surface area contributed by atoms with Crippen LogP contribution in [0.5, 0.6) is 0 Å². The van der Waals surface area contributed by atoms with Crippen molar-refractivity contribution in [1.82, 2.24) is 5.32 Å². The largest absolute Gasteiger partial charge is 0.480 e. The van der Waals surface area contributed by atoms with E-state index in [4.69, 9.17) is 4.74 Å². The summed E-state index contributed by atoms with van der Waals surface area (Å²) < 4.78 is 5.42. The molecule has 27 heavy (non-hydrogen) atoms. The average molecular weight is 386 g/mol. The van der Waals surface area contributed by atoms with Gasteiger partial charge in [0.2, 0.25) is 0 Å². The van der Waals surface area contributed by atoms with E-state index >= 15 is 0 Å². The Labute approximate surface area is 162 Å². The molecule has 142 valence electrons. The zero-order chi connectivity index (χ0) is 19.4. The molecule has 1 amide bonds. The number of carbonyl (C=O) groups excluding carboxylic acids is 1. The lowest BCUT2D eigenvalue weighted by molar-refractivity contribution is -0.139. The number of fused-ring (bicyclic) bond motifs is 3. The summed E-state index contributed by atoms with van der Waals surface area (Å²) in [6, 6.07) is 15.3. The molecule has 0 heterocycles. The Kier molecular flexibility index (Phi) is 6.06. The van der Waals surface area contributed by atoms with Crippen molar-refractivity contribution in [2.45, 2.75) is 18.4 Å². The molecule has 1 atom stereocenters. The van der Waals surface area contributed by atoms with Gasteiger partial charge in [0.15, 0.2) is 0 Å². The van der Waals surface area contributed by atoms with Crippen LogP contribution in [0.1, 0.15) is 23.5 Å². The van der Waals surface area contributed by atoms with Crippen molar-refractivity contribution in [3.8, 4) is 11.1 Å². The first-order valence-electron chi connectivity index (χ1n) is 8.86. The summed E-state index contributed by atoms with van der Waals surface area (Å²) in [6.07, 6.45) is 3.81. The first-order valence-corrected chi connectivity index (χ1v) is 11.1. The highest BCUT2D eigenvalue weighted by Crippen LogP contribution is 2.44. The van der Waals surface area contributed by atoms with E-state index in [1.54, 1.807) is 0 Å². The van der Waals surface area contributed by atoms with Crippen molar-refractivity contribution in [3.63, 3.8) is 0 Å². The Morgan fingerprint density at radius 2 is 1.63 bits per heavy atom. The molecule has 2 N–H and O–H groups in total. The number of carboxylic acid groups (broad SMARTS) is 1. The molecule has 3 rings (SSSR count). The maximum atomic E-state index is 12.2. The molecule has 2 aromatic rings. The highest BCUT2D eigenvalue weighted by Gasteiger charge is 2.30. The summed E-state index contributed by atoms with van der Waals surface area (Å²) >= 11 is 0. The molecule has 0 saturated carbocycles. The number of hydrogen-bond acceptors (Lipinski definition) is 3. The molecule has 0 saturated heterocycles. The van der Waals surface area contributed by atoms with Crippen molar-refractivity contribution in [1.29, 1.82) is 0 Å². The topological polar surface area (TPSA) is 75.6 Å². The van der Waals surface area contributed by atoms with E-state index in [9.17, 15) is 14.7 Å². The van der Waals surface area contributed by atoms with Gasteiger partial charge in [0.25, 0.3) is 0 Å². The van der Waals surface area contributed by atoms with Crippen molar-refractivity contribution in [3.05, 3.63) is 59.7 Å². The van der Waals surface area contributed by atoms with Gasteiger partial charge in [-0.3, -0.25) is 0 Å². The van der Waals surface area contributed by atoms with Gasteiger partial charge in [-0.2, -0.15) is 0 Å². The van der Waals surface area contributed by atoms with Crippen LogP contribution in [-0.2, 0) is 20.4 Å². The third kappa shape index (κ3) is 4.45. The number of nitrogens with one attached hydrogen (secondary N) is 1. The highest BCUT2D eigenvalue weighted by atomic mass is 32.2. The van der Waals surface area contributed by atoms with Crippen LogP contribution in [0.2, 0.25) is 0 Å². The van der Waals surface area contributed by atoms with Crippen LogP contribution in [0.3, 0.4) is 0 Å². The van der Waals surface area contributed by atoms with E-state index in [2.05, 4.69) is 17.4 Å². The summed E-state index contributed by atoms with van der Waals surface area (Å²) in [5.41, 5.74) is 4.57. The maximum absolute atomic E-state index is 12.2. The van der Waals surface area contributed by atoms with E-state index in [0.717, 1.165) is 28.0 Å². The molecule has 1 aliphatic carbocycles. The summed E-state index contributed by atoms with van der Waals surface area (Å²) in [4.78, 5) is 23.6. The predicted molar refractivity (Wildman–Crippen MR) is 108 cm³/mol. The number of rotatable bonds is 7. The van der Waals surface area contributed by atoms with Crippen LogP contribution in [-0.4, -0.2) is 48.1 Å². The SMILES string of the molecule is C[S+](C)CC[C@@H](NC(=O)OCC1c2ccccc2-c2ccccc21)C(=O)O. The number of alkyl carbamates (subject to hydrolysis) is 1. The lowest BCUT2D eigenvalue weighted by Gasteiger charge is -2.17. The third-order valence-electron chi connectivity index (χ3n) is 4.75. The van der Waals surface area contributed by atoms with Crippen molar-refractivity contribution in [2.24, 2.45) is 0 Å². The molecule has 2 aromatic carbocycles. The quantitative estimate of drug-likeness (QED) is 0.717. The van der Waals surface area contributed by atoms with Crippen LogP contribution in [0.25, 0.3) is 11.1 Å². The number of carbonyl (C=O) groups is 2. The Morgan fingerprint density at radius 1 is 1.07 bits per heavy atom.